The smallest absolute Gasteiger partial charge is 0.252 e. The third kappa shape index (κ3) is 2.67. The molecule has 2 aromatic rings. The van der Waals surface area contributed by atoms with Gasteiger partial charge < -0.3 is 5.32 Å². The average Bonchev–Trinajstić information content (AvgIpc) is 2.43. The largest absolute Gasteiger partial charge is 0.351 e. The van der Waals surface area contributed by atoms with Gasteiger partial charge in [-0.2, -0.15) is 0 Å². The molecule has 0 radical (unpaired) electrons. The Balaban J connectivity index is 2.19. The van der Waals surface area contributed by atoms with Crippen molar-refractivity contribution >= 4 is 16.8 Å². The molecule has 2 rings (SSSR count). The first-order valence-electron chi connectivity index (χ1n) is 5.84. The number of carbonyl (C=O) groups is 1. The number of nitrogens with zero attached hydrogens (tertiary/aromatic N) is 1. The highest BCUT2D eigenvalue weighted by molar-refractivity contribution is 6.06. The van der Waals surface area contributed by atoms with Crippen molar-refractivity contribution in [3.8, 4) is 11.8 Å². The van der Waals surface area contributed by atoms with Crippen molar-refractivity contribution in [3.63, 3.8) is 0 Å². The van der Waals surface area contributed by atoms with Crippen LogP contribution in [-0.2, 0) is 0 Å². The molecular formula is C15H14N2O. The third-order valence-corrected chi connectivity index (χ3v) is 2.60. The highest BCUT2D eigenvalue weighted by atomic mass is 16.1. The first kappa shape index (κ1) is 12.1. The van der Waals surface area contributed by atoms with E-state index in [4.69, 9.17) is 0 Å². The summed E-state index contributed by atoms with van der Waals surface area (Å²) in [4.78, 5) is 16.3. The Labute approximate surface area is 106 Å². The van der Waals surface area contributed by atoms with Gasteiger partial charge in [-0.1, -0.05) is 12.1 Å². The number of fused-ring (bicyclic) bond motifs is 1. The quantitative estimate of drug-likeness (QED) is 0.659. The van der Waals surface area contributed by atoms with E-state index in [9.17, 15) is 4.79 Å². The van der Waals surface area contributed by atoms with Crippen LogP contribution in [-0.4, -0.2) is 17.4 Å². The zero-order valence-corrected chi connectivity index (χ0v) is 10.2. The number of pyridine rings is 1. The van der Waals surface area contributed by atoms with Crippen LogP contribution in [0.15, 0.2) is 36.5 Å². The SMILES string of the molecule is CC#CCCNC(=O)c1cccc2ncccc12. The van der Waals surface area contributed by atoms with Gasteiger partial charge in [-0.3, -0.25) is 9.78 Å². The van der Waals surface area contributed by atoms with Crippen LogP contribution in [0, 0.1) is 11.8 Å². The second-order valence-electron chi connectivity index (χ2n) is 3.81. The molecule has 0 saturated carbocycles. The van der Waals surface area contributed by atoms with Gasteiger partial charge in [0.1, 0.15) is 0 Å². The van der Waals surface area contributed by atoms with Crippen LogP contribution in [0.3, 0.4) is 0 Å². The molecule has 3 nitrogen and oxygen atoms in total. The normalized spacial score (nSPS) is 9.61. The van der Waals surface area contributed by atoms with Gasteiger partial charge >= 0.3 is 0 Å². The summed E-state index contributed by atoms with van der Waals surface area (Å²) in [5.41, 5.74) is 1.49. The minimum Gasteiger partial charge on any atom is -0.351 e. The highest BCUT2D eigenvalue weighted by Crippen LogP contribution is 2.15. The lowest BCUT2D eigenvalue weighted by atomic mass is 10.1. The molecule has 0 aliphatic carbocycles. The molecule has 1 amide bonds. The van der Waals surface area contributed by atoms with Crippen LogP contribution in [0.1, 0.15) is 23.7 Å². The van der Waals surface area contributed by atoms with E-state index in [1.54, 1.807) is 13.1 Å². The summed E-state index contributed by atoms with van der Waals surface area (Å²) >= 11 is 0. The minimum absolute atomic E-state index is 0.0773. The minimum atomic E-state index is -0.0773. The molecule has 1 aromatic heterocycles. The van der Waals surface area contributed by atoms with E-state index in [1.807, 2.05) is 30.3 Å². The maximum absolute atomic E-state index is 12.0. The van der Waals surface area contributed by atoms with Gasteiger partial charge in [0.25, 0.3) is 5.91 Å². The lowest BCUT2D eigenvalue weighted by molar-refractivity contribution is 0.0956. The van der Waals surface area contributed by atoms with Gasteiger partial charge in [-0.05, 0) is 25.1 Å². The first-order valence-corrected chi connectivity index (χ1v) is 5.84. The van der Waals surface area contributed by atoms with Crippen molar-refractivity contribution in [1.82, 2.24) is 10.3 Å². The zero-order valence-electron chi connectivity index (χ0n) is 10.2. The van der Waals surface area contributed by atoms with E-state index >= 15 is 0 Å². The van der Waals surface area contributed by atoms with Gasteiger partial charge in [0.15, 0.2) is 0 Å². The summed E-state index contributed by atoms with van der Waals surface area (Å²) in [6, 6.07) is 9.29. The first-order chi connectivity index (χ1) is 8.83. The molecule has 0 saturated heterocycles. The molecule has 0 aliphatic heterocycles. The van der Waals surface area contributed by atoms with Crippen molar-refractivity contribution in [2.75, 3.05) is 6.54 Å². The molecular weight excluding hydrogens is 224 g/mol. The predicted molar refractivity (Wildman–Crippen MR) is 72.1 cm³/mol. The molecule has 0 unspecified atom stereocenters. The molecule has 0 fully saturated rings. The molecule has 1 N–H and O–H groups in total. The van der Waals surface area contributed by atoms with Crippen molar-refractivity contribution in [2.24, 2.45) is 0 Å². The Kier molecular flexibility index (Phi) is 3.93. The molecule has 0 atom stereocenters. The van der Waals surface area contributed by atoms with Crippen LogP contribution in [0.25, 0.3) is 10.9 Å². The lowest BCUT2D eigenvalue weighted by Gasteiger charge is -2.06. The second-order valence-corrected chi connectivity index (χ2v) is 3.81. The van der Waals surface area contributed by atoms with E-state index in [1.165, 1.54) is 0 Å². The van der Waals surface area contributed by atoms with E-state index < -0.39 is 0 Å². The Hall–Kier alpha value is -2.34. The topological polar surface area (TPSA) is 42.0 Å². The van der Waals surface area contributed by atoms with E-state index in [0.29, 0.717) is 18.5 Å². The van der Waals surface area contributed by atoms with Crippen molar-refractivity contribution in [2.45, 2.75) is 13.3 Å². The number of nitrogens with one attached hydrogen (secondary N) is 1. The van der Waals surface area contributed by atoms with Gasteiger partial charge in [0.2, 0.25) is 0 Å². The van der Waals surface area contributed by atoms with Crippen molar-refractivity contribution in [3.05, 3.63) is 42.1 Å². The van der Waals surface area contributed by atoms with Gasteiger partial charge in [0.05, 0.1) is 5.52 Å². The third-order valence-electron chi connectivity index (χ3n) is 2.60. The highest BCUT2D eigenvalue weighted by Gasteiger charge is 2.08. The fourth-order valence-electron chi connectivity index (χ4n) is 1.76. The van der Waals surface area contributed by atoms with Gasteiger partial charge in [-0.25, -0.2) is 0 Å². The molecule has 0 bridgehead atoms. The summed E-state index contributed by atoms with van der Waals surface area (Å²) in [7, 11) is 0. The monoisotopic (exact) mass is 238 g/mol. The maximum Gasteiger partial charge on any atom is 0.252 e. The number of aromatic nitrogens is 1. The Morgan fingerprint density at radius 2 is 2.22 bits per heavy atom. The molecule has 18 heavy (non-hydrogen) atoms. The Morgan fingerprint density at radius 1 is 1.33 bits per heavy atom. The number of hydrogen-bond acceptors (Lipinski definition) is 2. The Bertz CT molecular complexity index is 618. The molecule has 3 heteroatoms. The number of rotatable bonds is 3. The van der Waals surface area contributed by atoms with Crippen LogP contribution in [0.2, 0.25) is 0 Å². The van der Waals surface area contributed by atoms with E-state index in [-0.39, 0.29) is 5.91 Å². The number of benzene rings is 1. The summed E-state index contributed by atoms with van der Waals surface area (Å²) in [5.74, 6) is 5.64. The lowest BCUT2D eigenvalue weighted by Crippen LogP contribution is -2.24. The predicted octanol–water partition coefficient (Wildman–Crippen LogP) is 2.38. The fourth-order valence-corrected chi connectivity index (χ4v) is 1.76. The van der Waals surface area contributed by atoms with Crippen LogP contribution in [0.4, 0.5) is 0 Å². The summed E-state index contributed by atoms with van der Waals surface area (Å²) in [6.45, 7) is 2.36. The summed E-state index contributed by atoms with van der Waals surface area (Å²) in [6.07, 6.45) is 2.39. The molecule has 1 aromatic carbocycles. The standard InChI is InChI=1S/C15H14N2O/c1-2-3-4-10-17-15(18)13-7-5-9-14-12(13)8-6-11-16-14/h5-9,11H,4,10H2,1H3,(H,17,18). The summed E-state index contributed by atoms with van der Waals surface area (Å²) in [5, 5.41) is 3.73. The van der Waals surface area contributed by atoms with Gasteiger partial charge in [-0.15, -0.1) is 11.8 Å². The van der Waals surface area contributed by atoms with Crippen LogP contribution in [0.5, 0.6) is 0 Å². The average molecular weight is 238 g/mol. The maximum atomic E-state index is 12.0. The van der Waals surface area contributed by atoms with Crippen LogP contribution >= 0.6 is 0 Å². The summed E-state index contributed by atoms with van der Waals surface area (Å²) < 4.78 is 0. The molecule has 0 aliphatic rings. The van der Waals surface area contributed by atoms with Gasteiger partial charge in [0, 0.05) is 30.1 Å². The number of hydrogen-bond donors (Lipinski definition) is 1. The van der Waals surface area contributed by atoms with Crippen LogP contribution < -0.4 is 5.32 Å². The van der Waals surface area contributed by atoms with E-state index in [0.717, 1.165) is 10.9 Å². The molecule has 90 valence electrons. The fraction of sp³-hybridized carbons (Fsp3) is 0.200. The van der Waals surface area contributed by atoms with Crippen molar-refractivity contribution in [1.29, 1.82) is 0 Å². The van der Waals surface area contributed by atoms with Crippen molar-refractivity contribution < 1.29 is 4.79 Å². The molecule has 1 heterocycles. The Morgan fingerprint density at radius 3 is 3.06 bits per heavy atom. The van der Waals surface area contributed by atoms with E-state index in [2.05, 4.69) is 22.1 Å². The number of amides is 1. The second kappa shape index (κ2) is 5.83. The molecule has 0 spiro atoms. The zero-order chi connectivity index (χ0) is 12.8. The number of carbonyl (C=O) groups excluding carboxylic acids is 1.